The number of hydrogen-bond acceptors (Lipinski definition) is 4. The fourth-order valence-electron chi connectivity index (χ4n) is 5.04. The predicted octanol–water partition coefficient (Wildman–Crippen LogP) is 10.4. The Labute approximate surface area is 258 Å². The van der Waals surface area contributed by atoms with Crippen LogP contribution in [0.2, 0.25) is 0 Å². The second-order valence-electron chi connectivity index (χ2n) is 11.3. The van der Waals surface area contributed by atoms with E-state index >= 15 is 0 Å². The third-order valence-corrected chi connectivity index (χ3v) is 8.72. The maximum atomic E-state index is 11.7. The number of benzene rings is 2. The Morgan fingerprint density at radius 2 is 1.62 bits per heavy atom. The van der Waals surface area contributed by atoms with Crippen LogP contribution in [0, 0.1) is 24.8 Å². The summed E-state index contributed by atoms with van der Waals surface area (Å²) in [6, 6.07) is 16.5. The van der Waals surface area contributed by atoms with Gasteiger partial charge in [0.25, 0.3) is 0 Å². The topological polar surface area (TPSA) is 50.2 Å². The van der Waals surface area contributed by atoms with Crippen LogP contribution in [0.5, 0.6) is 0 Å². The smallest absolute Gasteiger partial charge is 0.162 e. The molecule has 0 aliphatic carbocycles. The van der Waals surface area contributed by atoms with E-state index in [9.17, 15) is 9.90 Å². The number of hydrogen-bond donors (Lipinski definition) is 1. The molecule has 217 valence electrons. The van der Waals surface area contributed by atoms with Gasteiger partial charge in [0.15, 0.2) is 5.78 Å². The molecule has 0 saturated carbocycles. The van der Waals surface area contributed by atoms with Gasteiger partial charge in [-0.2, -0.15) is 0 Å². The van der Waals surface area contributed by atoms with Gasteiger partial charge in [0.2, 0.25) is 0 Å². The molecule has 1 N–H and O–H groups in total. The quantitative estimate of drug-likeness (QED) is 0.111. The second kappa shape index (κ2) is 15.1. The van der Waals surface area contributed by atoms with Gasteiger partial charge in [-0.3, -0.25) is 9.78 Å². The van der Waals surface area contributed by atoms with E-state index in [1.807, 2.05) is 33.9 Å². The first kappa shape index (κ1) is 33.9. The molecule has 0 atom stereocenters. The van der Waals surface area contributed by atoms with Crippen LogP contribution in [0.3, 0.4) is 0 Å². The van der Waals surface area contributed by atoms with Gasteiger partial charge in [0.05, 0.1) is 5.76 Å². The van der Waals surface area contributed by atoms with Crippen molar-refractivity contribution in [2.75, 3.05) is 0 Å². The summed E-state index contributed by atoms with van der Waals surface area (Å²) in [6.07, 6.45) is 6.82. The molecule has 3 nitrogen and oxygen atoms in total. The van der Waals surface area contributed by atoms with Crippen LogP contribution < -0.4 is 0 Å². The third kappa shape index (κ3) is 7.90. The minimum absolute atomic E-state index is 0. The molecule has 0 aliphatic heterocycles. The van der Waals surface area contributed by atoms with Crippen molar-refractivity contribution in [2.45, 2.75) is 86.5 Å². The van der Waals surface area contributed by atoms with E-state index in [4.69, 9.17) is 4.98 Å². The van der Waals surface area contributed by atoms with Crippen molar-refractivity contribution >= 4 is 38.0 Å². The number of ketones is 1. The average molecular weight is 735 g/mol. The van der Waals surface area contributed by atoms with E-state index < -0.39 is 0 Å². The van der Waals surface area contributed by atoms with E-state index in [0.29, 0.717) is 0 Å². The number of carbonyl (C=O) groups is 1. The molecule has 0 saturated heterocycles. The maximum absolute atomic E-state index is 11.7. The van der Waals surface area contributed by atoms with Crippen LogP contribution in [0.15, 0.2) is 59.8 Å². The first-order valence-corrected chi connectivity index (χ1v) is 15.2. The van der Waals surface area contributed by atoms with Crippen molar-refractivity contribution in [1.82, 2.24) is 4.98 Å². The fraction of sp³-hybridized carbons (Fsp3) is 0.429. The Morgan fingerprint density at radius 1 is 1.00 bits per heavy atom. The number of aliphatic hydroxyl groups excluding tert-OH is 1. The largest absolute Gasteiger partial charge is 0.512 e. The van der Waals surface area contributed by atoms with Gasteiger partial charge in [0, 0.05) is 54.6 Å². The summed E-state index contributed by atoms with van der Waals surface area (Å²) in [7, 11) is 0. The van der Waals surface area contributed by atoms with Crippen LogP contribution in [-0.2, 0) is 30.3 Å². The van der Waals surface area contributed by atoms with E-state index in [1.165, 1.54) is 32.7 Å². The standard InChI is InChI=1S/C22H20NS.C13H24O2.Ir/c1-14-13-24-21-17(14)9-10-23-20(21)16-11-15-7-5-6-8-18(15)19(12-16)22(2,3)4;1-5-10(6-2)12(14)9-13(15)11(7-3)8-4;/h5-10,12-13H,1-4H3;9-11,14H,5-8H2,1-4H3;/q-1;;/b;12-9-;. The van der Waals surface area contributed by atoms with Gasteiger partial charge >= 0.3 is 0 Å². The molecule has 0 unspecified atom stereocenters. The van der Waals surface area contributed by atoms with Crippen LogP contribution in [0.4, 0.5) is 0 Å². The maximum Gasteiger partial charge on any atom is 0.162 e. The van der Waals surface area contributed by atoms with E-state index in [-0.39, 0.29) is 48.9 Å². The van der Waals surface area contributed by atoms with Gasteiger partial charge < -0.3 is 5.11 Å². The third-order valence-electron chi connectivity index (χ3n) is 7.60. The Hall–Kier alpha value is -2.33. The summed E-state index contributed by atoms with van der Waals surface area (Å²) < 4.78 is 1.25. The van der Waals surface area contributed by atoms with Crippen molar-refractivity contribution in [2.24, 2.45) is 11.8 Å². The number of pyridine rings is 1. The molecular weight excluding hydrogens is 691 g/mol. The van der Waals surface area contributed by atoms with Gasteiger partial charge in [-0.25, -0.2) is 0 Å². The summed E-state index contributed by atoms with van der Waals surface area (Å²) in [5, 5.41) is 15.7. The molecule has 0 aliphatic rings. The number of aromatic nitrogens is 1. The monoisotopic (exact) mass is 735 g/mol. The Bertz CT molecular complexity index is 1440. The van der Waals surface area contributed by atoms with Gasteiger partial charge in [-0.15, -0.1) is 40.5 Å². The molecule has 0 bridgehead atoms. The Balaban J connectivity index is 0.000000307. The van der Waals surface area contributed by atoms with Crippen LogP contribution in [-0.4, -0.2) is 15.9 Å². The Morgan fingerprint density at radius 3 is 2.23 bits per heavy atom. The van der Waals surface area contributed by atoms with Crippen LogP contribution in [0.1, 0.15) is 85.3 Å². The normalized spacial score (nSPS) is 12.0. The fourth-order valence-corrected chi connectivity index (χ4v) is 6.09. The zero-order valence-electron chi connectivity index (χ0n) is 25.2. The second-order valence-corrected chi connectivity index (χ2v) is 12.2. The minimum atomic E-state index is 0. The zero-order valence-corrected chi connectivity index (χ0v) is 28.4. The predicted molar refractivity (Wildman–Crippen MR) is 169 cm³/mol. The number of carbonyl (C=O) groups excluding carboxylic acids is 1. The summed E-state index contributed by atoms with van der Waals surface area (Å²) in [5.74, 6) is 0.547. The van der Waals surface area contributed by atoms with Crippen molar-refractivity contribution in [3.8, 4) is 11.3 Å². The molecule has 0 spiro atoms. The van der Waals surface area contributed by atoms with E-state index in [0.717, 1.165) is 42.3 Å². The van der Waals surface area contributed by atoms with Crippen LogP contribution in [0.25, 0.3) is 32.1 Å². The SMILES string of the molecule is CCC(CC)C(=O)/C=C(\O)C(CC)CC.Cc1csc2c(-c3[c-]c4ccccc4c(C(C)(C)C)c3)nccc12.[Ir]. The molecule has 0 amide bonds. The number of rotatable bonds is 8. The number of allylic oxidation sites excluding steroid dienone is 2. The molecular formula is C35H44IrNO2S-. The molecule has 2 aromatic carbocycles. The Kier molecular flexibility index (Phi) is 12.7. The van der Waals surface area contributed by atoms with Crippen molar-refractivity contribution in [3.63, 3.8) is 0 Å². The number of aryl methyl sites for hydroxylation is 1. The summed E-state index contributed by atoms with van der Waals surface area (Å²) in [4.78, 5) is 16.4. The summed E-state index contributed by atoms with van der Waals surface area (Å²) >= 11 is 1.77. The zero-order chi connectivity index (χ0) is 28.7. The minimum Gasteiger partial charge on any atom is -0.512 e. The first-order chi connectivity index (χ1) is 18.5. The van der Waals surface area contributed by atoms with Gasteiger partial charge in [-0.05, 0) is 60.4 Å². The number of fused-ring (bicyclic) bond motifs is 2. The molecule has 40 heavy (non-hydrogen) atoms. The van der Waals surface area contributed by atoms with E-state index in [1.54, 1.807) is 11.3 Å². The molecule has 0 fully saturated rings. The van der Waals surface area contributed by atoms with Gasteiger partial charge in [-0.1, -0.05) is 77.6 Å². The molecule has 4 rings (SSSR count). The number of thiophene rings is 1. The average Bonchev–Trinajstić information content (AvgIpc) is 3.30. The molecule has 2 heterocycles. The molecule has 5 heteroatoms. The molecule has 1 radical (unpaired) electrons. The number of aliphatic hydroxyl groups is 1. The van der Waals surface area contributed by atoms with E-state index in [2.05, 4.69) is 75.5 Å². The molecule has 2 aromatic heterocycles. The van der Waals surface area contributed by atoms with Crippen molar-refractivity contribution in [3.05, 3.63) is 77.0 Å². The van der Waals surface area contributed by atoms with Crippen molar-refractivity contribution in [1.29, 1.82) is 0 Å². The summed E-state index contributed by atoms with van der Waals surface area (Å²) in [5.41, 5.74) is 4.87. The van der Waals surface area contributed by atoms with Crippen LogP contribution >= 0.6 is 11.3 Å². The first-order valence-electron chi connectivity index (χ1n) is 14.3. The summed E-state index contributed by atoms with van der Waals surface area (Å²) in [6.45, 7) is 17.0. The van der Waals surface area contributed by atoms with Crippen molar-refractivity contribution < 1.29 is 30.0 Å². The van der Waals surface area contributed by atoms with Gasteiger partial charge in [0.1, 0.15) is 0 Å². The number of nitrogens with zero attached hydrogens (tertiary/aromatic N) is 1. The molecule has 4 aromatic rings.